The number of benzene rings is 1. The highest BCUT2D eigenvalue weighted by atomic mass is 35.5. The molecule has 0 saturated heterocycles. The van der Waals surface area contributed by atoms with Crippen LogP contribution in [-0.2, 0) is 4.79 Å². The molecule has 0 N–H and O–H groups in total. The van der Waals surface area contributed by atoms with Gasteiger partial charge in [-0.3, -0.25) is 4.79 Å². The minimum atomic E-state index is 0.117. The molecule has 1 heterocycles. The molecule has 0 atom stereocenters. The predicted octanol–water partition coefficient (Wildman–Crippen LogP) is 2.87. The molecule has 2 rings (SSSR count). The fourth-order valence-electron chi connectivity index (χ4n) is 1.58. The maximum atomic E-state index is 10.9. The molecule has 1 aliphatic heterocycles. The van der Waals surface area contributed by atoms with E-state index in [0.717, 1.165) is 17.0 Å². The third kappa shape index (κ3) is 2.55. The van der Waals surface area contributed by atoms with Crippen molar-refractivity contribution in [2.24, 2.45) is 10.2 Å². The monoisotopic (exact) mass is 234 g/mol. The van der Waals surface area contributed by atoms with Crippen LogP contribution in [0.15, 0.2) is 34.5 Å². The first-order chi connectivity index (χ1) is 7.65. The summed E-state index contributed by atoms with van der Waals surface area (Å²) >= 11 is 5.80. The lowest BCUT2D eigenvalue weighted by Gasteiger charge is -2.00. The SMILES string of the molecule is CC(=O)CC1=NN=C(c2ccc(Cl)cc2)C1. The van der Waals surface area contributed by atoms with E-state index in [-0.39, 0.29) is 5.78 Å². The molecule has 0 aromatic heterocycles. The molecular formula is C12H11ClN2O. The lowest BCUT2D eigenvalue weighted by Crippen LogP contribution is -2.07. The maximum Gasteiger partial charge on any atom is 0.135 e. The highest BCUT2D eigenvalue weighted by molar-refractivity contribution is 6.30. The quantitative estimate of drug-likeness (QED) is 0.793. The highest BCUT2D eigenvalue weighted by Crippen LogP contribution is 2.16. The second kappa shape index (κ2) is 4.58. The molecular weight excluding hydrogens is 224 g/mol. The van der Waals surface area contributed by atoms with E-state index in [1.165, 1.54) is 0 Å². The van der Waals surface area contributed by atoms with Crippen LogP contribution in [0.4, 0.5) is 0 Å². The summed E-state index contributed by atoms with van der Waals surface area (Å²) < 4.78 is 0. The fourth-order valence-corrected chi connectivity index (χ4v) is 1.71. The average Bonchev–Trinajstić information content (AvgIpc) is 2.66. The number of halogens is 1. The molecule has 0 unspecified atom stereocenters. The largest absolute Gasteiger partial charge is 0.300 e. The second-order valence-corrected chi connectivity index (χ2v) is 4.21. The highest BCUT2D eigenvalue weighted by Gasteiger charge is 2.15. The molecule has 0 amide bonds. The van der Waals surface area contributed by atoms with Crippen molar-refractivity contribution in [3.8, 4) is 0 Å². The van der Waals surface area contributed by atoms with Crippen LogP contribution in [0.5, 0.6) is 0 Å². The number of Topliss-reactive ketones (excluding diaryl/α,β-unsaturated/α-hetero) is 1. The van der Waals surface area contributed by atoms with Crippen molar-refractivity contribution < 1.29 is 4.79 Å². The predicted molar refractivity (Wildman–Crippen MR) is 65.3 cm³/mol. The average molecular weight is 235 g/mol. The molecule has 1 aromatic rings. The number of rotatable bonds is 3. The van der Waals surface area contributed by atoms with Crippen LogP contribution in [0.25, 0.3) is 0 Å². The van der Waals surface area contributed by atoms with Crippen molar-refractivity contribution in [3.63, 3.8) is 0 Å². The van der Waals surface area contributed by atoms with Gasteiger partial charge in [0.1, 0.15) is 5.78 Å². The number of carbonyl (C=O) groups excluding carboxylic acids is 1. The van der Waals surface area contributed by atoms with Crippen LogP contribution >= 0.6 is 11.6 Å². The lowest BCUT2D eigenvalue weighted by atomic mass is 10.0. The van der Waals surface area contributed by atoms with Crippen molar-refractivity contribution >= 4 is 28.8 Å². The van der Waals surface area contributed by atoms with Crippen LogP contribution in [0.3, 0.4) is 0 Å². The fraction of sp³-hybridized carbons (Fsp3) is 0.250. The molecule has 0 bridgehead atoms. The summed E-state index contributed by atoms with van der Waals surface area (Å²) in [4.78, 5) is 10.9. The van der Waals surface area contributed by atoms with E-state index in [1.54, 1.807) is 6.92 Å². The molecule has 3 nitrogen and oxygen atoms in total. The summed E-state index contributed by atoms with van der Waals surface area (Å²) in [6.07, 6.45) is 1.04. The summed E-state index contributed by atoms with van der Waals surface area (Å²) in [6, 6.07) is 7.46. The zero-order valence-corrected chi connectivity index (χ0v) is 9.66. The molecule has 0 fully saturated rings. The van der Waals surface area contributed by atoms with Crippen molar-refractivity contribution in [2.75, 3.05) is 0 Å². The number of nitrogens with zero attached hydrogens (tertiary/aromatic N) is 2. The van der Waals surface area contributed by atoms with Gasteiger partial charge < -0.3 is 0 Å². The van der Waals surface area contributed by atoms with Crippen molar-refractivity contribution in [3.05, 3.63) is 34.9 Å². The number of hydrogen-bond acceptors (Lipinski definition) is 3. The Hall–Kier alpha value is -1.48. The van der Waals surface area contributed by atoms with Crippen LogP contribution in [-0.4, -0.2) is 17.2 Å². The molecule has 0 aliphatic carbocycles. The Morgan fingerprint density at radius 3 is 2.62 bits per heavy atom. The van der Waals surface area contributed by atoms with E-state index in [9.17, 15) is 4.79 Å². The minimum Gasteiger partial charge on any atom is -0.300 e. The molecule has 4 heteroatoms. The van der Waals surface area contributed by atoms with Crippen LogP contribution in [0, 0.1) is 0 Å². The van der Waals surface area contributed by atoms with E-state index in [2.05, 4.69) is 10.2 Å². The third-order valence-electron chi connectivity index (χ3n) is 2.31. The van der Waals surface area contributed by atoms with Crippen LogP contribution in [0.2, 0.25) is 5.02 Å². The Bertz CT molecular complexity index is 474. The Labute approximate surface area is 98.8 Å². The third-order valence-corrected chi connectivity index (χ3v) is 2.57. The van der Waals surface area contributed by atoms with Gasteiger partial charge in [-0.05, 0) is 24.6 Å². The van der Waals surface area contributed by atoms with Gasteiger partial charge >= 0.3 is 0 Å². The molecule has 82 valence electrons. The Kier molecular flexibility index (Phi) is 3.15. The van der Waals surface area contributed by atoms with Crippen molar-refractivity contribution in [1.82, 2.24) is 0 Å². The van der Waals surface area contributed by atoms with Gasteiger partial charge in [-0.2, -0.15) is 10.2 Å². The summed E-state index contributed by atoms with van der Waals surface area (Å²) in [5, 5.41) is 8.79. The molecule has 0 radical (unpaired) electrons. The summed E-state index contributed by atoms with van der Waals surface area (Å²) in [5.74, 6) is 0.117. The number of hydrogen-bond donors (Lipinski definition) is 0. The Morgan fingerprint density at radius 2 is 2.00 bits per heavy atom. The first kappa shape index (κ1) is 11.0. The lowest BCUT2D eigenvalue weighted by molar-refractivity contribution is -0.115. The summed E-state index contributed by atoms with van der Waals surface area (Å²) in [7, 11) is 0. The molecule has 0 saturated carbocycles. The van der Waals surface area contributed by atoms with Crippen molar-refractivity contribution in [1.29, 1.82) is 0 Å². The van der Waals surface area contributed by atoms with Gasteiger partial charge in [0, 0.05) is 17.9 Å². The number of ketones is 1. The first-order valence-electron chi connectivity index (χ1n) is 5.03. The normalized spacial score (nSPS) is 14.6. The van der Waals surface area contributed by atoms with Crippen LogP contribution in [0.1, 0.15) is 25.3 Å². The van der Waals surface area contributed by atoms with E-state index in [4.69, 9.17) is 11.6 Å². The van der Waals surface area contributed by atoms with Crippen molar-refractivity contribution in [2.45, 2.75) is 19.8 Å². The standard InChI is InChI=1S/C12H11ClN2O/c1-8(16)6-11-7-12(15-14-11)9-2-4-10(13)5-3-9/h2-5H,6-7H2,1H3. The topological polar surface area (TPSA) is 41.8 Å². The first-order valence-corrected chi connectivity index (χ1v) is 5.40. The van der Waals surface area contributed by atoms with Gasteiger partial charge in [0.05, 0.1) is 11.4 Å². The summed E-state index contributed by atoms with van der Waals surface area (Å²) in [5.41, 5.74) is 2.73. The molecule has 1 aromatic carbocycles. The second-order valence-electron chi connectivity index (χ2n) is 3.78. The zero-order valence-electron chi connectivity index (χ0n) is 8.90. The Morgan fingerprint density at radius 1 is 1.31 bits per heavy atom. The minimum absolute atomic E-state index is 0.117. The Balaban J connectivity index is 2.06. The van der Waals surface area contributed by atoms with E-state index in [0.29, 0.717) is 17.9 Å². The maximum absolute atomic E-state index is 10.9. The number of carbonyl (C=O) groups is 1. The van der Waals surface area contributed by atoms with E-state index in [1.807, 2.05) is 24.3 Å². The molecule has 16 heavy (non-hydrogen) atoms. The van der Waals surface area contributed by atoms with Gasteiger partial charge in [-0.25, -0.2) is 0 Å². The van der Waals surface area contributed by atoms with Gasteiger partial charge in [-0.1, -0.05) is 23.7 Å². The van der Waals surface area contributed by atoms with E-state index < -0.39 is 0 Å². The van der Waals surface area contributed by atoms with Gasteiger partial charge in [-0.15, -0.1) is 0 Å². The van der Waals surface area contributed by atoms with Gasteiger partial charge in [0.2, 0.25) is 0 Å². The molecule has 1 aliphatic rings. The zero-order chi connectivity index (χ0) is 11.5. The summed E-state index contributed by atoms with van der Waals surface area (Å²) in [6.45, 7) is 1.56. The molecule has 0 spiro atoms. The van der Waals surface area contributed by atoms with Crippen LogP contribution < -0.4 is 0 Å². The van der Waals surface area contributed by atoms with Gasteiger partial charge in [0.15, 0.2) is 0 Å². The van der Waals surface area contributed by atoms with Gasteiger partial charge in [0.25, 0.3) is 0 Å². The van der Waals surface area contributed by atoms with E-state index >= 15 is 0 Å². The smallest absolute Gasteiger partial charge is 0.135 e.